The summed E-state index contributed by atoms with van der Waals surface area (Å²) >= 11 is 0. The maximum atomic E-state index is 2.48. The highest BCUT2D eigenvalue weighted by Gasteiger charge is 2.42. The highest BCUT2D eigenvalue weighted by Crippen LogP contribution is 2.44. The van der Waals surface area contributed by atoms with Crippen LogP contribution in [-0.2, 0) is 0 Å². The Morgan fingerprint density at radius 2 is 2.12 bits per heavy atom. The smallest absolute Gasteiger partial charge is 0.0468 e. The molecule has 1 aliphatic heterocycles. The molecule has 0 N–H and O–H groups in total. The van der Waals surface area contributed by atoms with Gasteiger partial charge in [0, 0.05) is 24.2 Å². The van der Waals surface area contributed by atoms with Crippen molar-refractivity contribution in [3.8, 4) is 0 Å². The molecule has 16 heavy (non-hydrogen) atoms. The molecule has 0 amide bonds. The number of hydrogen-bond acceptors (Lipinski definition) is 1. The van der Waals surface area contributed by atoms with Crippen LogP contribution >= 0.6 is 0 Å². The summed E-state index contributed by atoms with van der Waals surface area (Å²) in [5, 5.41) is 0. The molecule has 0 aromatic carbocycles. The second kappa shape index (κ2) is 3.80. The Bertz CT molecular complexity index is 366. The van der Waals surface area contributed by atoms with Crippen LogP contribution < -0.4 is 0 Å². The fraction of sp³-hybridized carbons (Fsp3) is 0.600. The molecule has 2 unspecified atom stereocenters. The molecule has 0 saturated heterocycles. The highest BCUT2D eigenvalue weighted by molar-refractivity contribution is 5.31. The van der Waals surface area contributed by atoms with Gasteiger partial charge >= 0.3 is 0 Å². The van der Waals surface area contributed by atoms with E-state index in [1.165, 1.54) is 12.1 Å². The minimum Gasteiger partial charge on any atom is -0.372 e. The standard InChI is InChI=1S/C15H23N/c1-11-12(2)15(4,16(5)13(11)3)10-14-8-6-7-9-14/h6-8,12H,9-10H2,1-5H3. The van der Waals surface area contributed by atoms with Crippen LogP contribution in [0.25, 0.3) is 0 Å². The molecule has 1 aliphatic carbocycles. The van der Waals surface area contributed by atoms with Crippen molar-refractivity contribution in [3.05, 3.63) is 35.1 Å². The zero-order valence-electron chi connectivity index (χ0n) is 11.2. The molecular weight excluding hydrogens is 194 g/mol. The van der Waals surface area contributed by atoms with Crippen molar-refractivity contribution in [2.45, 2.75) is 46.1 Å². The van der Waals surface area contributed by atoms with E-state index >= 15 is 0 Å². The molecule has 1 heterocycles. The Morgan fingerprint density at radius 3 is 2.56 bits per heavy atom. The quantitative estimate of drug-likeness (QED) is 0.678. The van der Waals surface area contributed by atoms with E-state index in [0.29, 0.717) is 5.92 Å². The summed E-state index contributed by atoms with van der Waals surface area (Å²) < 4.78 is 0. The van der Waals surface area contributed by atoms with Crippen LogP contribution in [0.5, 0.6) is 0 Å². The lowest BCUT2D eigenvalue weighted by Crippen LogP contribution is -2.43. The second-order valence-corrected chi connectivity index (χ2v) is 5.54. The van der Waals surface area contributed by atoms with Gasteiger partial charge in [0.25, 0.3) is 0 Å². The van der Waals surface area contributed by atoms with Crippen molar-refractivity contribution < 1.29 is 0 Å². The SMILES string of the molecule is CC1=C(C)N(C)C(C)(CC2=CC=CC2)C1C. The number of hydrogen-bond donors (Lipinski definition) is 0. The molecule has 1 nitrogen and oxygen atoms in total. The van der Waals surface area contributed by atoms with E-state index in [4.69, 9.17) is 0 Å². The number of nitrogens with zero attached hydrogens (tertiary/aromatic N) is 1. The fourth-order valence-corrected chi connectivity index (χ4v) is 3.07. The van der Waals surface area contributed by atoms with Crippen LogP contribution in [0, 0.1) is 5.92 Å². The molecule has 2 atom stereocenters. The maximum absolute atomic E-state index is 2.48. The van der Waals surface area contributed by atoms with Crippen LogP contribution in [0.4, 0.5) is 0 Å². The van der Waals surface area contributed by atoms with Gasteiger partial charge in [0.1, 0.15) is 0 Å². The lowest BCUT2D eigenvalue weighted by Gasteiger charge is -2.39. The minimum atomic E-state index is 0.270. The van der Waals surface area contributed by atoms with Crippen molar-refractivity contribution >= 4 is 0 Å². The van der Waals surface area contributed by atoms with E-state index in [-0.39, 0.29) is 5.54 Å². The zero-order chi connectivity index (χ0) is 11.9. The summed E-state index contributed by atoms with van der Waals surface area (Å²) in [6.45, 7) is 9.30. The lowest BCUT2D eigenvalue weighted by molar-refractivity contribution is 0.163. The van der Waals surface area contributed by atoms with Crippen molar-refractivity contribution in [1.82, 2.24) is 4.90 Å². The van der Waals surface area contributed by atoms with Crippen LogP contribution in [0.3, 0.4) is 0 Å². The Kier molecular flexibility index (Phi) is 2.73. The van der Waals surface area contributed by atoms with Gasteiger partial charge in [-0.25, -0.2) is 0 Å². The summed E-state index contributed by atoms with van der Waals surface area (Å²) in [5.41, 5.74) is 4.85. The van der Waals surface area contributed by atoms with E-state index in [1.807, 2.05) is 0 Å². The first kappa shape index (κ1) is 11.5. The topological polar surface area (TPSA) is 3.24 Å². The fourth-order valence-electron chi connectivity index (χ4n) is 3.07. The van der Waals surface area contributed by atoms with E-state index < -0.39 is 0 Å². The van der Waals surface area contributed by atoms with Crippen molar-refractivity contribution in [2.24, 2.45) is 5.92 Å². The van der Waals surface area contributed by atoms with E-state index in [0.717, 1.165) is 6.42 Å². The number of allylic oxidation sites excluding steroid dienone is 4. The third-order valence-corrected chi connectivity index (χ3v) is 4.86. The van der Waals surface area contributed by atoms with Gasteiger partial charge in [0.05, 0.1) is 0 Å². The summed E-state index contributed by atoms with van der Waals surface area (Å²) in [6, 6.07) is 0. The van der Waals surface area contributed by atoms with Crippen LogP contribution in [0.15, 0.2) is 35.1 Å². The first-order valence-electron chi connectivity index (χ1n) is 6.22. The van der Waals surface area contributed by atoms with Gasteiger partial charge in [-0.2, -0.15) is 0 Å². The van der Waals surface area contributed by atoms with Gasteiger partial charge in [-0.05, 0) is 39.2 Å². The molecule has 0 bridgehead atoms. The Morgan fingerprint density at radius 1 is 1.44 bits per heavy atom. The molecule has 0 radical (unpaired) electrons. The van der Waals surface area contributed by atoms with Gasteiger partial charge in [0.15, 0.2) is 0 Å². The van der Waals surface area contributed by atoms with E-state index in [1.54, 1.807) is 11.1 Å². The molecular formula is C15H23N. The number of rotatable bonds is 2. The van der Waals surface area contributed by atoms with Gasteiger partial charge in [-0.15, -0.1) is 0 Å². The zero-order valence-corrected chi connectivity index (χ0v) is 11.2. The summed E-state index contributed by atoms with van der Waals surface area (Å²) in [5.74, 6) is 0.652. The van der Waals surface area contributed by atoms with E-state index in [2.05, 4.69) is 57.9 Å². The van der Waals surface area contributed by atoms with Gasteiger partial charge in [-0.1, -0.05) is 30.7 Å². The van der Waals surface area contributed by atoms with Gasteiger partial charge in [-0.3, -0.25) is 0 Å². The summed E-state index contributed by atoms with van der Waals surface area (Å²) in [7, 11) is 2.24. The van der Waals surface area contributed by atoms with E-state index in [9.17, 15) is 0 Å². The Hall–Kier alpha value is -0.980. The van der Waals surface area contributed by atoms with Gasteiger partial charge in [0.2, 0.25) is 0 Å². The van der Waals surface area contributed by atoms with Crippen LogP contribution in [0.2, 0.25) is 0 Å². The largest absolute Gasteiger partial charge is 0.372 e. The molecule has 2 aliphatic rings. The first-order valence-corrected chi connectivity index (χ1v) is 6.22. The lowest BCUT2D eigenvalue weighted by atomic mass is 9.80. The molecule has 0 fully saturated rings. The minimum absolute atomic E-state index is 0.270. The molecule has 1 heteroatoms. The molecule has 0 saturated carbocycles. The maximum Gasteiger partial charge on any atom is 0.0468 e. The molecule has 2 rings (SSSR count). The third-order valence-electron chi connectivity index (χ3n) is 4.86. The van der Waals surface area contributed by atoms with Crippen molar-refractivity contribution in [1.29, 1.82) is 0 Å². The Labute approximate surface area is 99.5 Å². The monoisotopic (exact) mass is 217 g/mol. The molecule has 0 aromatic rings. The Balaban J connectivity index is 2.20. The van der Waals surface area contributed by atoms with Crippen molar-refractivity contribution in [3.63, 3.8) is 0 Å². The first-order chi connectivity index (χ1) is 7.47. The predicted octanol–water partition coefficient (Wildman–Crippen LogP) is 3.90. The highest BCUT2D eigenvalue weighted by atomic mass is 15.2. The molecule has 0 aromatic heterocycles. The van der Waals surface area contributed by atoms with Crippen LogP contribution in [0.1, 0.15) is 40.5 Å². The average Bonchev–Trinajstić information content (AvgIpc) is 2.80. The van der Waals surface area contributed by atoms with Gasteiger partial charge < -0.3 is 4.90 Å². The van der Waals surface area contributed by atoms with Crippen molar-refractivity contribution in [2.75, 3.05) is 7.05 Å². The third kappa shape index (κ3) is 1.53. The normalized spacial score (nSPS) is 33.9. The summed E-state index contributed by atoms with van der Waals surface area (Å²) in [4.78, 5) is 2.48. The predicted molar refractivity (Wildman–Crippen MR) is 70.2 cm³/mol. The second-order valence-electron chi connectivity index (χ2n) is 5.54. The van der Waals surface area contributed by atoms with Crippen LogP contribution in [-0.4, -0.2) is 17.5 Å². The molecule has 0 spiro atoms. The molecule has 88 valence electrons. The summed E-state index contributed by atoms with van der Waals surface area (Å²) in [6.07, 6.45) is 9.06. The average molecular weight is 217 g/mol.